The van der Waals surface area contributed by atoms with Crippen molar-refractivity contribution in [2.75, 3.05) is 26.9 Å². The van der Waals surface area contributed by atoms with Crippen LogP contribution in [0.3, 0.4) is 0 Å². The van der Waals surface area contributed by atoms with Crippen LogP contribution in [-0.4, -0.2) is 39.0 Å². The monoisotopic (exact) mass is 285 g/mol. The van der Waals surface area contributed by atoms with E-state index in [1.165, 1.54) is 19.3 Å². The zero-order valence-corrected chi connectivity index (χ0v) is 14.2. The molecule has 1 N–H and O–H groups in total. The third kappa shape index (κ3) is 6.11. The maximum absolute atomic E-state index is 6.30. The zero-order chi connectivity index (χ0) is 15.0. The van der Waals surface area contributed by atoms with Crippen LogP contribution in [0.25, 0.3) is 0 Å². The molecule has 0 aromatic carbocycles. The van der Waals surface area contributed by atoms with E-state index < -0.39 is 0 Å². The van der Waals surface area contributed by atoms with Gasteiger partial charge in [0.1, 0.15) is 0 Å². The van der Waals surface area contributed by atoms with E-state index in [-0.39, 0.29) is 0 Å². The van der Waals surface area contributed by atoms with Crippen molar-refractivity contribution >= 4 is 0 Å². The molecule has 0 saturated heterocycles. The van der Waals surface area contributed by atoms with Crippen molar-refractivity contribution in [3.05, 3.63) is 0 Å². The van der Waals surface area contributed by atoms with Gasteiger partial charge in [0.25, 0.3) is 0 Å². The molecule has 1 saturated carbocycles. The van der Waals surface area contributed by atoms with E-state index in [2.05, 4.69) is 33.0 Å². The van der Waals surface area contributed by atoms with Crippen LogP contribution in [0.1, 0.15) is 53.4 Å². The third-order valence-electron chi connectivity index (χ3n) is 4.52. The smallest absolute Gasteiger partial charge is 0.0646 e. The Morgan fingerprint density at radius 2 is 1.95 bits per heavy atom. The first-order valence-electron chi connectivity index (χ1n) is 8.42. The standard InChI is InChI=1S/C17H35NO2/c1-6-9-18-15(11-19-5)12-20-17-10-14(4)7-8-16(17)13(2)3/h13-18H,6-12H2,1-5H3. The molecular formula is C17H35NO2. The summed E-state index contributed by atoms with van der Waals surface area (Å²) in [5, 5.41) is 3.52. The molecule has 20 heavy (non-hydrogen) atoms. The Morgan fingerprint density at radius 3 is 2.55 bits per heavy atom. The second-order valence-corrected chi connectivity index (χ2v) is 6.80. The molecule has 0 aromatic heterocycles. The van der Waals surface area contributed by atoms with E-state index in [1.54, 1.807) is 7.11 Å². The molecule has 0 aromatic rings. The number of hydrogen-bond donors (Lipinski definition) is 1. The normalized spacial score (nSPS) is 28.8. The van der Waals surface area contributed by atoms with E-state index in [0.717, 1.165) is 43.9 Å². The maximum Gasteiger partial charge on any atom is 0.0646 e. The molecule has 120 valence electrons. The predicted octanol–water partition coefficient (Wildman–Crippen LogP) is 3.48. The zero-order valence-electron chi connectivity index (χ0n) is 14.2. The minimum absolute atomic E-state index is 0.324. The summed E-state index contributed by atoms with van der Waals surface area (Å²) in [6.07, 6.45) is 5.48. The van der Waals surface area contributed by atoms with Gasteiger partial charge in [0.05, 0.1) is 25.4 Å². The van der Waals surface area contributed by atoms with Crippen molar-refractivity contribution < 1.29 is 9.47 Å². The van der Waals surface area contributed by atoms with E-state index in [0.29, 0.717) is 12.1 Å². The van der Waals surface area contributed by atoms with E-state index in [9.17, 15) is 0 Å². The molecular weight excluding hydrogens is 250 g/mol. The van der Waals surface area contributed by atoms with Gasteiger partial charge in [0, 0.05) is 7.11 Å². The summed E-state index contributed by atoms with van der Waals surface area (Å²) in [6.45, 7) is 11.7. The molecule has 1 aliphatic carbocycles. The van der Waals surface area contributed by atoms with Gasteiger partial charge in [-0.1, -0.05) is 34.1 Å². The Morgan fingerprint density at radius 1 is 1.20 bits per heavy atom. The lowest BCUT2D eigenvalue weighted by Gasteiger charge is -2.38. The molecule has 0 aliphatic heterocycles. The molecule has 3 heteroatoms. The minimum atomic E-state index is 0.324. The Balaban J connectivity index is 2.45. The Hall–Kier alpha value is -0.120. The van der Waals surface area contributed by atoms with Gasteiger partial charge < -0.3 is 14.8 Å². The fourth-order valence-electron chi connectivity index (χ4n) is 3.26. The van der Waals surface area contributed by atoms with Crippen molar-refractivity contribution in [2.24, 2.45) is 17.8 Å². The first kappa shape index (κ1) is 17.9. The highest BCUT2D eigenvalue weighted by molar-refractivity contribution is 4.82. The van der Waals surface area contributed by atoms with Gasteiger partial charge in [-0.05, 0) is 43.6 Å². The van der Waals surface area contributed by atoms with Crippen molar-refractivity contribution in [1.82, 2.24) is 5.32 Å². The summed E-state index contributed by atoms with van der Waals surface area (Å²) in [7, 11) is 1.76. The van der Waals surface area contributed by atoms with Crippen molar-refractivity contribution in [3.8, 4) is 0 Å². The van der Waals surface area contributed by atoms with Crippen LogP contribution in [-0.2, 0) is 9.47 Å². The molecule has 1 rings (SSSR count). The van der Waals surface area contributed by atoms with Crippen molar-refractivity contribution in [3.63, 3.8) is 0 Å². The van der Waals surface area contributed by atoms with Crippen LogP contribution in [0.2, 0.25) is 0 Å². The summed E-state index contributed by atoms with van der Waals surface area (Å²) >= 11 is 0. The average Bonchev–Trinajstić information content (AvgIpc) is 2.41. The molecule has 0 heterocycles. The third-order valence-corrected chi connectivity index (χ3v) is 4.52. The molecule has 0 bridgehead atoms. The highest BCUT2D eigenvalue weighted by Crippen LogP contribution is 2.35. The fourth-order valence-corrected chi connectivity index (χ4v) is 3.26. The van der Waals surface area contributed by atoms with Crippen molar-refractivity contribution in [1.29, 1.82) is 0 Å². The summed E-state index contributed by atoms with van der Waals surface area (Å²) in [6, 6.07) is 0.324. The van der Waals surface area contributed by atoms with Gasteiger partial charge in [-0.25, -0.2) is 0 Å². The van der Waals surface area contributed by atoms with Crippen LogP contribution in [0, 0.1) is 17.8 Å². The molecule has 1 fully saturated rings. The summed E-state index contributed by atoms with van der Waals surface area (Å²) in [5.41, 5.74) is 0. The van der Waals surface area contributed by atoms with Crippen LogP contribution < -0.4 is 5.32 Å². The van der Waals surface area contributed by atoms with Gasteiger partial charge in [0.2, 0.25) is 0 Å². The van der Waals surface area contributed by atoms with Crippen LogP contribution in [0.5, 0.6) is 0 Å². The fraction of sp³-hybridized carbons (Fsp3) is 1.00. The van der Waals surface area contributed by atoms with Gasteiger partial charge in [0.15, 0.2) is 0 Å². The maximum atomic E-state index is 6.30. The van der Waals surface area contributed by atoms with Gasteiger partial charge in [-0.3, -0.25) is 0 Å². The number of ether oxygens (including phenoxy) is 2. The Kier molecular flexibility index (Phi) is 8.74. The number of nitrogens with one attached hydrogen (secondary N) is 1. The molecule has 1 aliphatic rings. The molecule has 3 nitrogen and oxygen atoms in total. The first-order valence-corrected chi connectivity index (χ1v) is 8.42. The minimum Gasteiger partial charge on any atom is -0.383 e. The van der Waals surface area contributed by atoms with Gasteiger partial charge in [-0.2, -0.15) is 0 Å². The van der Waals surface area contributed by atoms with Crippen LogP contribution in [0.4, 0.5) is 0 Å². The number of rotatable bonds is 9. The molecule has 0 radical (unpaired) electrons. The van der Waals surface area contributed by atoms with Gasteiger partial charge in [-0.15, -0.1) is 0 Å². The Labute approximate surface area is 125 Å². The van der Waals surface area contributed by atoms with E-state index in [4.69, 9.17) is 9.47 Å². The van der Waals surface area contributed by atoms with Crippen molar-refractivity contribution in [2.45, 2.75) is 65.5 Å². The lowest BCUT2D eigenvalue weighted by Crippen LogP contribution is -2.42. The topological polar surface area (TPSA) is 30.5 Å². The van der Waals surface area contributed by atoms with E-state index >= 15 is 0 Å². The molecule has 0 spiro atoms. The quantitative estimate of drug-likeness (QED) is 0.703. The first-order chi connectivity index (χ1) is 9.58. The number of hydrogen-bond acceptors (Lipinski definition) is 3. The molecule has 0 amide bonds. The van der Waals surface area contributed by atoms with E-state index in [1.807, 2.05) is 0 Å². The molecule has 4 unspecified atom stereocenters. The summed E-state index contributed by atoms with van der Waals surface area (Å²) < 4.78 is 11.6. The average molecular weight is 285 g/mol. The lowest BCUT2D eigenvalue weighted by molar-refractivity contribution is -0.0516. The highest BCUT2D eigenvalue weighted by Gasteiger charge is 2.31. The van der Waals surface area contributed by atoms with Gasteiger partial charge >= 0.3 is 0 Å². The lowest BCUT2D eigenvalue weighted by atomic mass is 9.75. The highest BCUT2D eigenvalue weighted by atomic mass is 16.5. The second-order valence-electron chi connectivity index (χ2n) is 6.80. The molecule has 4 atom stereocenters. The SMILES string of the molecule is CCCNC(COC)COC1CC(C)CCC1C(C)C. The summed E-state index contributed by atoms with van der Waals surface area (Å²) in [5.74, 6) is 2.25. The number of methoxy groups -OCH3 is 1. The second kappa shape index (κ2) is 9.75. The largest absolute Gasteiger partial charge is 0.383 e. The van der Waals surface area contributed by atoms with Crippen LogP contribution in [0.15, 0.2) is 0 Å². The summed E-state index contributed by atoms with van der Waals surface area (Å²) in [4.78, 5) is 0. The van der Waals surface area contributed by atoms with Crippen LogP contribution >= 0.6 is 0 Å². The predicted molar refractivity (Wildman–Crippen MR) is 85.0 cm³/mol. The Bertz CT molecular complexity index is 245.